The Morgan fingerprint density at radius 3 is 2.86 bits per heavy atom. The molecule has 120 valence electrons. The van der Waals surface area contributed by atoms with Gasteiger partial charge < -0.3 is 15.7 Å². The van der Waals surface area contributed by atoms with Crippen LogP contribution < -0.4 is 10.6 Å². The van der Waals surface area contributed by atoms with Gasteiger partial charge in [-0.3, -0.25) is 4.68 Å². The number of carbonyl (C=O) groups excluding carboxylic acids is 1. The number of aliphatic hydroxyl groups excluding tert-OH is 1. The summed E-state index contributed by atoms with van der Waals surface area (Å²) < 4.78 is 1.71. The van der Waals surface area contributed by atoms with Crippen molar-refractivity contribution in [1.82, 2.24) is 20.1 Å². The predicted molar refractivity (Wildman–Crippen MR) is 85.7 cm³/mol. The lowest BCUT2D eigenvalue weighted by Crippen LogP contribution is -2.35. The van der Waals surface area contributed by atoms with Crippen molar-refractivity contribution in [3.63, 3.8) is 0 Å². The molecule has 0 aliphatic heterocycles. The molecule has 0 aliphatic rings. The van der Waals surface area contributed by atoms with Crippen LogP contribution in [0.15, 0.2) is 12.3 Å². The van der Waals surface area contributed by atoms with Crippen molar-refractivity contribution in [2.45, 2.75) is 33.3 Å². The predicted octanol–water partition coefficient (Wildman–Crippen LogP) is 1.81. The maximum atomic E-state index is 11.8. The summed E-state index contributed by atoms with van der Waals surface area (Å²) in [4.78, 5) is 16.1. The van der Waals surface area contributed by atoms with Crippen LogP contribution in [0.1, 0.15) is 26.0 Å². The molecule has 0 bridgehead atoms. The number of aromatic nitrogens is 3. The fraction of sp³-hybridized carbons (Fsp3) is 0.533. The van der Waals surface area contributed by atoms with E-state index in [1.807, 2.05) is 33.9 Å². The topological polar surface area (TPSA) is 92.1 Å². The average molecular weight is 305 g/mol. The number of urea groups is 1. The number of hydrogen-bond acceptors (Lipinski definition) is 4. The second-order valence-corrected chi connectivity index (χ2v) is 5.92. The average Bonchev–Trinajstić information content (AvgIpc) is 2.71. The van der Waals surface area contributed by atoms with E-state index >= 15 is 0 Å². The first-order valence-electron chi connectivity index (χ1n) is 7.39. The van der Waals surface area contributed by atoms with Gasteiger partial charge >= 0.3 is 6.03 Å². The van der Waals surface area contributed by atoms with Gasteiger partial charge in [0.1, 0.15) is 0 Å². The SMILES string of the molecule is Cc1nn(C)c2ncc(NC(=O)NCC(O)CC(C)C)cc12. The van der Waals surface area contributed by atoms with Crippen LogP contribution in [0.2, 0.25) is 0 Å². The molecule has 22 heavy (non-hydrogen) atoms. The summed E-state index contributed by atoms with van der Waals surface area (Å²) in [6, 6.07) is 1.49. The van der Waals surface area contributed by atoms with Gasteiger partial charge in [-0.1, -0.05) is 13.8 Å². The first-order valence-corrected chi connectivity index (χ1v) is 7.39. The highest BCUT2D eigenvalue weighted by Crippen LogP contribution is 2.19. The zero-order valence-corrected chi connectivity index (χ0v) is 13.4. The van der Waals surface area contributed by atoms with Crippen molar-refractivity contribution < 1.29 is 9.90 Å². The van der Waals surface area contributed by atoms with Crippen molar-refractivity contribution in [2.75, 3.05) is 11.9 Å². The van der Waals surface area contributed by atoms with E-state index in [4.69, 9.17) is 0 Å². The summed E-state index contributed by atoms with van der Waals surface area (Å²) in [6.07, 6.45) is 1.71. The Balaban J connectivity index is 1.95. The summed E-state index contributed by atoms with van der Waals surface area (Å²) in [6.45, 7) is 6.18. The van der Waals surface area contributed by atoms with Crippen LogP contribution in [0.5, 0.6) is 0 Å². The normalized spacial score (nSPS) is 12.6. The fourth-order valence-electron chi connectivity index (χ4n) is 2.39. The molecule has 0 fully saturated rings. The number of fused-ring (bicyclic) bond motifs is 1. The quantitative estimate of drug-likeness (QED) is 0.785. The van der Waals surface area contributed by atoms with Crippen LogP contribution in [0.4, 0.5) is 10.5 Å². The highest BCUT2D eigenvalue weighted by Gasteiger charge is 2.11. The Morgan fingerprint density at radius 1 is 1.45 bits per heavy atom. The smallest absolute Gasteiger partial charge is 0.319 e. The third-order valence-electron chi connectivity index (χ3n) is 3.36. The van der Waals surface area contributed by atoms with Gasteiger partial charge in [0.15, 0.2) is 5.65 Å². The van der Waals surface area contributed by atoms with E-state index < -0.39 is 6.10 Å². The number of amides is 2. The van der Waals surface area contributed by atoms with Crippen LogP contribution in [-0.2, 0) is 7.05 Å². The van der Waals surface area contributed by atoms with E-state index in [9.17, 15) is 9.90 Å². The molecule has 3 N–H and O–H groups in total. The number of aryl methyl sites for hydroxylation is 2. The largest absolute Gasteiger partial charge is 0.391 e. The summed E-state index contributed by atoms with van der Waals surface area (Å²) in [7, 11) is 1.83. The standard InChI is InChI=1S/C15H23N5O2/c1-9(2)5-12(21)8-17-15(22)18-11-6-13-10(3)19-20(4)14(13)16-7-11/h6-7,9,12,21H,5,8H2,1-4H3,(H2,17,18,22). The maximum Gasteiger partial charge on any atom is 0.319 e. The zero-order valence-electron chi connectivity index (χ0n) is 13.4. The number of rotatable bonds is 5. The molecule has 2 amide bonds. The monoisotopic (exact) mass is 305 g/mol. The van der Waals surface area contributed by atoms with Crippen molar-refractivity contribution in [3.8, 4) is 0 Å². The second-order valence-electron chi connectivity index (χ2n) is 5.92. The van der Waals surface area contributed by atoms with Gasteiger partial charge in [-0.05, 0) is 25.3 Å². The molecule has 1 unspecified atom stereocenters. The first kappa shape index (κ1) is 16.2. The summed E-state index contributed by atoms with van der Waals surface area (Å²) >= 11 is 0. The molecule has 7 nitrogen and oxygen atoms in total. The zero-order chi connectivity index (χ0) is 16.3. The molecule has 1 atom stereocenters. The van der Waals surface area contributed by atoms with Crippen LogP contribution in [0, 0.1) is 12.8 Å². The summed E-state index contributed by atoms with van der Waals surface area (Å²) in [5.74, 6) is 0.389. The van der Waals surface area contributed by atoms with Crippen LogP contribution in [0.25, 0.3) is 11.0 Å². The van der Waals surface area contributed by atoms with E-state index in [2.05, 4.69) is 20.7 Å². The minimum Gasteiger partial charge on any atom is -0.391 e. The van der Waals surface area contributed by atoms with Crippen molar-refractivity contribution in [3.05, 3.63) is 18.0 Å². The Hall–Kier alpha value is -2.15. The van der Waals surface area contributed by atoms with Crippen LogP contribution >= 0.6 is 0 Å². The van der Waals surface area contributed by atoms with Crippen molar-refractivity contribution in [1.29, 1.82) is 0 Å². The van der Waals surface area contributed by atoms with Crippen molar-refractivity contribution in [2.24, 2.45) is 13.0 Å². The second kappa shape index (κ2) is 6.74. The lowest BCUT2D eigenvalue weighted by molar-refractivity contribution is 0.148. The number of anilines is 1. The van der Waals surface area contributed by atoms with E-state index in [1.165, 1.54) is 0 Å². The molecule has 0 saturated heterocycles. The van der Waals surface area contributed by atoms with Gasteiger partial charge in [0.2, 0.25) is 0 Å². The molecular weight excluding hydrogens is 282 g/mol. The Kier molecular flexibility index (Phi) is 4.97. The Labute approximate surface area is 129 Å². The molecule has 0 spiro atoms. The van der Waals surface area contributed by atoms with Crippen LogP contribution in [-0.4, -0.2) is 38.6 Å². The van der Waals surface area contributed by atoms with Gasteiger partial charge in [0.05, 0.1) is 23.7 Å². The molecule has 7 heteroatoms. The molecule has 0 radical (unpaired) electrons. The molecule has 0 aromatic carbocycles. The third kappa shape index (κ3) is 3.94. The van der Waals surface area contributed by atoms with Crippen LogP contribution in [0.3, 0.4) is 0 Å². The number of nitrogens with one attached hydrogen (secondary N) is 2. The summed E-state index contributed by atoms with van der Waals surface area (Å²) in [5, 5.41) is 20.3. The highest BCUT2D eigenvalue weighted by molar-refractivity contribution is 5.92. The molecule has 2 heterocycles. The maximum absolute atomic E-state index is 11.8. The number of hydrogen-bond donors (Lipinski definition) is 3. The first-order chi connectivity index (χ1) is 10.4. The van der Waals surface area contributed by atoms with Gasteiger partial charge in [0, 0.05) is 19.0 Å². The van der Waals surface area contributed by atoms with Crippen molar-refractivity contribution >= 4 is 22.8 Å². The van der Waals surface area contributed by atoms with E-state index in [0.717, 1.165) is 16.7 Å². The fourth-order valence-corrected chi connectivity index (χ4v) is 2.39. The molecule has 2 aromatic rings. The number of nitrogens with zero attached hydrogens (tertiary/aromatic N) is 3. The lowest BCUT2D eigenvalue weighted by atomic mass is 10.1. The molecule has 0 saturated carbocycles. The number of pyridine rings is 1. The van der Waals surface area contributed by atoms with E-state index in [1.54, 1.807) is 10.9 Å². The van der Waals surface area contributed by atoms with Gasteiger partial charge in [-0.15, -0.1) is 0 Å². The Morgan fingerprint density at radius 2 is 2.18 bits per heavy atom. The Bertz CT molecular complexity index is 665. The lowest BCUT2D eigenvalue weighted by Gasteiger charge is -2.14. The van der Waals surface area contributed by atoms with Gasteiger partial charge in [-0.2, -0.15) is 5.10 Å². The van der Waals surface area contributed by atoms with E-state index in [0.29, 0.717) is 18.0 Å². The summed E-state index contributed by atoms with van der Waals surface area (Å²) in [5.41, 5.74) is 2.23. The minimum atomic E-state index is -0.535. The highest BCUT2D eigenvalue weighted by atomic mass is 16.3. The number of carbonyl (C=O) groups is 1. The molecule has 2 rings (SSSR count). The minimum absolute atomic E-state index is 0.228. The van der Waals surface area contributed by atoms with Gasteiger partial charge in [-0.25, -0.2) is 9.78 Å². The number of aliphatic hydroxyl groups is 1. The third-order valence-corrected chi connectivity index (χ3v) is 3.36. The molecular formula is C15H23N5O2. The van der Waals surface area contributed by atoms with Gasteiger partial charge in [0.25, 0.3) is 0 Å². The molecule has 2 aromatic heterocycles. The molecule has 0 aliphatic carbocycles. The van der Waals surface area contributed by atoms with E-state index in [-0.39, 0.29) is 12.6 Å².